The molecular formula is C11H23N3O. The Balaban J connectivity index is 2.32. The molecule has 0 aromatic carbocycles. The van der Waals surface area contributed by atoms with Gasteiger partial charge in [-0.25, -0.2) is 0 Å². The number of amides is 1. The highest BCUT2D eigenvalue weighted by Crippen LogP contribution is 2.22. The lowest BCUT2D eigenvalue weighted by atomic mass is 9.98. The van der Waals surface area contributed by atoms with Crippen LogP contribution in [0, 0.1) is 0 Å². The highest BCUT2D eigenvalue weighted by molar-refractivity contribution is 5.83. The van der Waals surface area contributed by atoms with E-state index in [4.69, 9.17) is 11.5 Å². The van der Waals surface area contributed by atoms with E-state index in [1.165, 1.54) is 25.7 Å². The lowest BCUT2D eigenvalue weighted by molar-refractivity contribution is -0.122. The van der Waals surface area contributed by atoms with Crippen molar-refractivity contribution in [3.05, 3.63) is 0 Å². The molecule has 1 rings (SSSR count). The van der Waals surface area contributed by atoms with Gasteiger partial charge in [0.2, 0.25) is 5.91 Å². The van der Waals surface area contributed by atoms with Crippen molar-refractivity contribution in [2.75, 3.05) is 13.6 Å². The third kappa shape index (κ3) is 3.47. The van der Waals surface area contributed by atoms with E-state index in [0.29, 0.717) is 12.5 Å². The molecule has 4 N–H and O–H groups in total. The van der Waals surface area contributed by atoms with Crippen molar-refractivity contribution >= 4 is 5.91 Å². The predicted octanol–water partition coefficient (Wildman–Crippen LogP) is 0.454. The molecule has 0 spiro atoms. The lowest BCUT2D eigenvalue weighted by Crippen LogP contribution is -2.51. The molecule has 4 nitrogen and oxygen atoms in total. The van der Waals surface area contributed by atoms with Crippen LogP contribution in [0.2, 0.25) is 0 Å². The first-order valence-electron chi connectivity index (χ1n) is 5.72. The van der Waals surface area contributed by atoms with Gasteiger partial charge >= 0.3 is 0 Å². The van der Waals surface area contributed by atoms with Crippen molar-refractivity contribution in [1.82, 2.24) is 4.90 Å². The Morgan fingerprint density at radius 3 is 2.47 bits per heavy atom. The Morgan fingerprint density at radius 2 is 2.00 bits per heavy atom. The number of hydrogen-bond acceptors (Lipinski definition) is 3. The largest absolute Gasteiger partial charge is 0.368 e. The topological polar surface area (TPSA) is 72.3 Å². The molecule has 0 radical (unpaired) electrons. The first-order chi connectivity index (χ1) is 6.93. The van der Waals surface area contributed by atoms with Crippen molar-refractivity contribution < 1.29 is 4.79 Å². The Morgan fingerprint density at radius 1 is 1.47 bits per heavy atom. The fourth-order valence-electron chi connectivity index (χ4n) is 2.06. The van der Waals surface area contributed by atoms with Gasteiger partial charge in [-0.15, -0.1) is 0 Å². The summed E-state index contributed by atoms with van der Waals surface area (Å²) in [5.74, 6) is -0.415. The van der Waals surface area contributed by atoms with E-state index in [1.807, 2.05) is 0 Å². The summed E-state index contributed by atoms with van der Waals surface area (Å²) in [5.41, 5.74) is 10.2. The summed E-state index contributed by atoms with van der Waals surface area (Å²) in [6.45, 7) is 2.55. The number of nitrogens with two attached hydrogens (primary N) is 2. The zero-order chi connectivity index (χ0) is 11.5. The minimum atomic E-state index is -0.868. The zero-order valence-electron chi connectivity index (χ0n) is 9.83. The number of carbonyl (C=O) groups is 1. The summed E-state index contributed by atoms with van der Waals surface area (Å²) in [6.07, 6.45) is 5.83. The molecule has 1 aliphatic rings. The normalized spacial score (nSPS) is 21.9. The van der Waals surface area contributed by atoms with Crippen LogP contribution in [-0.2, 0) is 4.79 Å². The zero-order valence-corrected chi connectivity index (χ0v) is 9.83. The van der Waals surface area contributed by atoms with E-state index >= 15 is 0 Å². The van der Waals surface area contributed by atoms with Crippen molar-refractivity contribution in [3.63, 3.8) is 0 Å². The summed E-state index contributed by atoms with van der Waals surface area (Å²) in [4.78, 5) is 13.3. The molecule has 1 aliphatic carbocycles. The van der Waals surface area contributed by atoms with E-state index in [2.05, 4.69) is 11.9 Å². The second kappa shape index (κ2) is 4.94. The number of primary amides is 1. The fraction of sp³-hybridized carbons (Fsp3) is 0.909. The van der Waals surface area contributed by atoms with Crippen molar-refractivity contribution in [1.29, 1.82) is 0 Å². The Labute approximate surface area is 92.0 Å². The second-order valence-corrected chi connectivity index (χ2v) is 4.95. The van der Waals surface area contributed by atoms with Crippen LogP contribution in [-0.4, -0.2) is 36.0 Å². The third-order valence-corrected chi connectivity index (χ3v) is 3.49. The molecule has 4 heteroatoms. The molecule has 15 heavy (non-hydrogen) atoms. The standard InChI is InChI=1S/C11H23N3O/c1-11(13,10(12)15)7-8-14(2)9-5-3-4-6-9/h9H,3-8,13H2,1-2H3,(H2,12,15). The molecule has 0 bridgehead atoms. The molecule has 1 amide bonds. The van der Waals surface area contributed by atoms with Gasteiger partial charge in [0, 0.05) is 12.6 Å². The van der Waals surface area contributed by atoms with Gasteiger partial charge in [-0.05, 0) is 33.2 Å². The van der Waals surface area contributed by atoms with Gasteiger partial charge in [0.05, 0.1) is 5.54 Å². The summed E-state index contributed by atoms with van der Waals surface area (Å²) < 4.78 is 0. The van der Waals surface area contributed by atoms with Gasteiger partial charge in [0.15, 0.2) is 0 Å². The van der Waals surface area contributed by atoms with Crippen LogP contribution in [0.4, 0.5) is 0 Å². The number of nitrogens with zero attached hydrogens (tertiary/aromatic N) is 1. The molecule has 1 saturated carbocycles. The molecule has 0 aromatic heterocycles. The molecule has 1 unspecified atom stereocenters. The first kappa shape index (κ1) is 12.5. The van der Waals surface area contributed by atoms with Crippen molar-refractivity contribution in [3.8, 4) is 0 Å². The summed E-state index contributed by atoms with van der Waals surface area (Å²) in [5, 5.41) is 0. The molecular weight excluding hydrogens is 190 g/mol. The Kier molecular flexibility index (Phi) is 4.11. The van der Waals surface area contributed by atoms with Gasteiger partial charge in [-0.2, -0.15) is 0 Å². The van der Waals surface area contributed by atoms with Gasteiger partial charge in [-0.1, -0.05) is 12.8 Å². The van der Waals surface area contributed by atoms with Crippen molar-refractivity contribution in [2.45, 2.75) is 50.6 Å². The van der Waals surface area contributed by atoms with Crippen LogP contribution in [0.15, 0.2) is 0 Å². The molecule has 1 fully saturated rings. The van der Waals surface area contributed by atoms with Crippen LogP contribution < -0.4 is 11.5 Å². The molecule has 1 atom stereocenters. The van der Waals surface area contributed by atoms with Crippen LogP contribution in [0.3, 0.4) is 0 Å². The van der Waals surface area contributed by atoms with Crippen LogP contribution in [0.5, 0.6) is 0 Å². The van der Waals surface area contributed by atoms with Crippen LogP contribution in [0.25, 0.3) is 0 Å². The molecule has 88 valence electrons. The van der Waals surface area contributed by atoms with E-state index in [-0.39, 0.29) is 0 Å². The average Bonchev–Trinajstić information content (AvgIpc) is 2.66. The van der Waals surface area contributed by atoms with E-state index in [0.717, 1.165) is 6.54 Å². The van der Waals surface area contributed by atoms with Gasteiger partial charge in [0.25, 0.3) is 0 Å². The maximum absolute atomic E-state index is 11.0. The summed E-state index contributed by atoms with van der Waals surface area (Å²) in [7, 11) is 2.10. The van der Waals surface area contributed by atoms with E-state index in [1.54, 1.807) is 6.92 Å². The molecule has 0 aromatic rings. The quantitative estimate of drug-likeness (QED) is 0.696. The lowest BCUT2D eigenvalue weighted by Gasteiger charge is -2.28. The van der Waals surface area contributed by atoms with Crippen LogP contribution >= 0.6 is 0 Å². The van der Waals surface area contributed by atoms with Gasteiger partial charge < -0.3 is 16.4 Å². The molecule has 0 aliphatic heterocycles. The van der Waals surface area contributed by atoms with Crippen molar-refractivity contribution in [2.24, 2.45) is 11.5 Å². The summed E-state index contributed by atoms with van der Waals surface area (Å²) >= 11 is 0. The Bertz CT molecular complexity index is 222. The van der Waals surface area contributed by atoms with E-state index < -0.39 is 11.4 Å². The smallest absolute Gasteiger partial charge is 0.237 e. The van der Waals surface area contributed by atoms with Crippen LogP contribution in [0.1, 0.15) is 39.0 Å². The second-order valence-electron chi connectivity index (χ2n) is 4.95. The minimum Gasteiger partial charge on any atom is -0.368 e. The minimum absolute atomic E-state index is 0.415. The maximum atomic E-state index is 11.0. The SMILES string of the molecule is CN(CCC(C)(N)C(N)=O)C1CCCC1. The number of rotatable bonds is 5. The average molecular weight is 213 g/mol. The monoisotopic (exact) mass is 213 g/mol. The number of carbonyl (C=O) groups excluding carboxylic acids is 1. The summed E-state index contributed by atoms with van der Waals surface area (Å²) in [6, 6.07) is 0.675. The predicted molar refractivity (Wildman–Crippen MR) is 61.3 cm³/mol. The first-order valence-corrected chi connectivity index (χ1v) is 5.72. The Hall–Kier alpha value is -0.610. The van der Waals surface area contributed by atoms with Gasteiger partial charge in [0.1, 0.15) is 0 Å². The van der Waals surface area contributed by atoms with E-state index in [9.17, 15) is 4.79 Å². The highest BCUT2D eigenvalue weighted by atomic mass is 16.1. The third-order valence-electron chi connectivity index (χ3n) is 3.49. The number of hydrogen-bond donors (Lipinski definition) is 2. The highest BCUT2D eigenvalue weighted by Gasteiger charge is 2.27. The molecule has 0 saturated heterocycles. The fourth-order valence-corrected chi connectivity index (χ4v) is 2.06. The maximum Gasteiger partial charge on any atom is 0.237 e. The molecule has 0 heterocycles. The van der Waals surface area contributed by atoms with Gasteiger partial charge in [-0.3, -0.25) is 4.79 Å².